The minimum atomic E-state index is -0.606. The number of pyridine rings is 1. The maximum absolute atomic E-state index is 12.6. The van der Waals surface area contributed by atoms with Gasteiger partial charge in [0.25, 0.3) is 5.91 Å². The first-order chi connectivity index (χ1) is 13.5. The van der Waals surface area contributed by atoms with Gasteiger partial charge in [0.15, 0.2) is 11.5 Å². The minimum absolute atomic E-state index is 0.150. The van der Waals surface area contributed by atoms with Crippen LogP contribution in [0.3, 0.4) is 0 Å². The third-order valence-corrected chi connectivity index (χ3v) is 5.18. The number of carbonyl (C=O) groups is 2. The van der Waals surface area contributed by atoms with E-state index in [-0.39, 0.29) is 11.4 Å². The second kappa shape index (κ2) is 11.0. The predicted molar refractivity (Wildman–Crippen MR) is 110 cm³/mol. The fraction of sp³-hybridized carbons (Fsp3) is 0.591. The van der Waals surface area contributed by atoms with Crippen molar-refractivity contribution in [3.8, 4) is 0 Å². The van der Waals surface area contributed by atoms with Gasteiger partial charge in [0, 0.05) is 12.7 Å². The lowest BCUT2D eigenvalue weighted by molar-refractivity contribution is -0.129. The fourth-order valence-corrected chi connectivity index (χ4v) is 3.65. The zero-order valence-corrected chi connectivity index (χ0v) is 17.4. The third-order valence-electron chi connectivity index (χ3n) is 5.18. The van der Waals surface area contributed by atoms with Crippen LogP contribution in [-0.4, -0.2) is 57.8 Å². The highest BCUT2D eigenvalue weighted by Gasteiger charge is 2.42. The standard InChI is InChI=1S/C22H33N3O3/c1-4-6-13-24(14-7-5-2)15-10-16-25-20(18-11-8-9-12-23-18)19(17(3)26)21(27)22(25)28/h8-9,11-12,20,27H,4-7,10,13-16H2,1-3H3. The molecule has 1 N–H and O–H groups in total. The van der Waals surface area contributed by atoms with Gasteiger partial charge in [0.2, 0.25) is 0 Å². The number of Topliss-reactive ketones (excluding diaryl/α,β-unsaturated/α-hetero) is 1. The van der Waals surface area contributed by atoms with E-state index in [9.17, 15) is 14.7 Å². The van der Waals surface area contributed by atoms with Crippen molar-refractivity contribution in [2.75, 3.05) is 26.2 Å². The molecule has 1 amide bonds. The van der Waals surface area contributed by atoms with E-state index in [1.54, 1.807) is 23.2 Å². The van der Waals surface area contributed by atoms with Crippen LogP contribution >= 0.6 is 0 Å². The molecule has 1 unspecified atom stereocenters. The van der Waals surface area contributed by atoms with Crippen LogP contribution in [0.2, 0.25) is 0 Å². The van der Waals surface area contributed by atoms with E-state index in [1.165, 1.54) is 19.8 Å². The van der Waals surface area contributed by atoms with Crippen molar-refractivity contribution >= 4 is 11.7 Å². The lowest BCUT2D eigenvalue weighted by Gasteiger charge is -2.28. The third kappa shape index (κ3) is 5.41. The van der Waals surface area contributed by atoms with Gasteiger partial charge in [0.05, 0.1) is 11.3 Å². The molecule has 28 heavy (non-hydrogen) atoms. The topological polar surface area (TPSA) is 73.7 Å². The van der Waals surface area contributed by atoms with Crippen LogP contribution in [0.25, 0.3) is 0 Å². The maximum Gasteiger partial charge on any atom is 0.290 e. The molecule has 0 saturated heterocycles. The second-order valence-corrected chi connectivity index (χ2v) is 7.38. The normalized spacial score (nSPS) is 17.1. The first-order valence-electron chi connectivity index (χ1n) is 10.4. The molecule has 6 nitrogen and oxygen atoms in total. The summed E-state index contributed by atoms with van der Waals surface area (Å²) in [4.78, 5) is 33.1. The quantitative estimate of drug-likeness (QED) is 0.592. The molecular formula is C22H33N3O3. The van der Waals surface area contributed by atoms with E-state index < -0.39 is 17.7 Å². The Hall–Kier alpha value is -2.21. The average Bonchev–Trinajstić information content (AvgIpc) is 2.95. The number of aliphatic hydroxyl groups is 1. The van der Waals surface area contributed by atoms with Gasteiger partial charge in [-0.25, -0.2) is 0 Å². The lowest BCUT2D eigenvalue weighted by atomic mass is 10.0. The molecule has 0 fully saturated rings. The van der Waals surface area contributed by atoms with Crippen LogP contribution in [0.15, 0.2) is 35.7 Å². The zero-order chi connectivity index (χ0) is 20.5. The first kappa shape index (κ1) is 22.1. The van der Waals surface area contributed by atoms with Gasteiger partial charge in [-0.2, -0.15) is 0 Å². The minimum Gasteiger partial charge on any atom is -0.503 e. The summed E-state index contributed by atoms with van der Waals surface area (Å²) >= 11 is 0. The molecule has 6 heteroatoms. The van der Waals surface area contributed by atoms with Gasteiger partial charge in [-0.3, -0.25) is 14.6 Å². The summed E-state index contributed by atoms with van der Waals surface area (Å²) in [5.74, 6) is -1.21. The highest BCUT2D eigenvalue weighted by molar-refractivity contribution is 6.07. The summed E-state index contributed by atoms with van der Waals surface area (Å²) in [6.45, 7) is 9.28. The summed E-state index contributed by atoms with van der Waals surface area (Å²) in [7, 11) is 0. The summed E-state index contributed by atoms with van der Waals surface area (Å²) < 4.78 is 0. The van der Waals surface area contributed by atoms with Gasteiger partial charge in [-0.15, -0.1) is 0 Å². The molecule has 0 spiro atoms. The summed E-state index contributed by atoms with van der Waals surface area (Å²) in [5, 5.41) is 10.3. The molecule has 0 aliphatic carbocycles. The summed E-state index contributed by atoms with van der Waals surface area (Å²) in [6.07, 6.45) is 7.09. The lowest BCUT2D eigenvalue weighted by Crippen LogP contribution is -2.35. The van der Waals surface area contributed by atoms with Crippen molar-refractivity contribution in [3.05, 3.63) is 41.4 Å². The number of hydrogen-bond donors (Lipinski definition) is 1. The van der Waals surface area contributed by atoms with Crippen molar-refractivity contribution in [3.63, 3.8) is 0 Å². The molecular weight excluding hydrogens is 354 g/mol. The van der Waals surface area contributed by atoms with E-state index in [4.69, 9.17) is 0 Å². The number of aromatic nitrogens is 1. The number of ketones is 1. The van der Waals surface area contributed by atoms with Crippen molar-refractivity contribution in [1.29, 1.82) is 0 Å². The highest BCUT2D eigenvalue weighted by atomic mass is 16.3. The molecule has 1 aliphatic heterocycles. The Balaban J connectivity index is 2.10. The van der Waals surface area contributed by atoms with E-state index in [0.29, 0.717) is 12.2 Å². The first-order valence-corrected chi connectivity index (χ1v) is 10.4. The summed E-state index contributed by atoms with van der Waals surface area (Å²) in [5.41, 5.74) is 0.761. The van der Waals surface area contributed by atoms with Gasteiger partial charge >= 0.3 is 0 Å². The molecule has 2 heterocycles. The smallest absolute Gasteiger partial charge is 0.290 e. The van der Waals surface area contributed by atoms with Crippen molar-refractivity contribution < 1.29 is 14.7 Å². The number of amides is 1. The molecule has 2 rings (SSSR count). The fourth-order valence-electron chi connectivity index (χ4n) is 3.65. The van der Waals surface area contributed by atoms with Crippen LogP contribution in [-0.2, 0) is 9.59 Å². The number of carbonyl (C=O) groups excluding carboxylic acids is 2. The Labute approximate surface area is 168 Å². The number of hydrogen-bond acceptors (Lipinski definition) is 5. The number of aliphatic hydroxyl groups excluding tert-OH is 1. The monoisotopic (exact) mass is 387 g/mol. The molecule has 1 aromatic heterocycles. The largest absolute Gasteiger partial charge is 0.503 e. The van der Waals surface area contributed by atoms with E-state index >= 15 is 0 Å². The van der Waals surface area contributed by atoms with Gasteiger partial charge < -0.3 is 14.9 Å². The molecule has 0 radical (unpaired) electrons. The zero-order valence-electron chi connectivity index (χ0n) is 17.4. The van der Waals surface area contributed by atoms with Crippen molar-refractivity contribution in [1.82, 2.24) is 14.8 Å². The molecule has 154 valence electrons. The molecule has 1 atom stereocenters. The average molecular weight is 388 g/mol. The Bertz CT molecular complexity index is 680. The van der Waals surface area contributed by atoms with Gasteiger partial charge in [-0.1, -0.05) is 32.8 Å². The predicted octanol–water partition coefficient (Wildman–Crippen LogP) is 3.66. The SMILES string of the molecule is CCCCN(CCCC)CCCN1C(=O)C(O)=C(C(C)=O)C1c1ccccn1. The molecule has 1 aliphatic rings. The highest BCUT2D eigenvalue weighted by Crippen LogP contribution is 2.36. The Morgan fingerprint density at radius 1 is 1.14 bits per heavy atom. The second-order valence-electron chi connectivity index (χ2n) is 7.38. The van der Waals surface area contributed by atoms with Gasteiger partial charge in [0.1, 0.15) is 6.04 Å². The van der Waals surface area contributed by atoms with E-state index in [0.717, 1.165) is 38.9 Å². The van der Waals surface area contributed by atoms with Crippen LogP contribution in [0.4, 0.5) is 0 Å². The molecule has 1 aromatic rings. The Kier molecular flexibility index (Phi) is 8.64. The maximum atomic E-state index is 12.6. The Morgan fingerprint density at radius 2 is 1.79 bits per heavy atom. The van der Waals surface area contributed by atoms with Crippen LogP contribution in [0.5, 0.6) is 0 Å². The number of unbranched alkanes of at least 4 members (excludes halogenated alkanes) is 2. The molecule has 0 aromatic carbocycles. The van der Waals surface area contributed by atoms with Crippen LogP contribution in [0, 0.1) is 0 Å². The van der Waals surface area contributed by atoms with Gasteiger partial charge in [-0.05, 0) is 58.0 Å². The van der Waals surface area contributed by atoms with Crippen molar-refractivity contribution in [2.45, 2.75) is 58.9 Å². The molecule has 0 bridgehead atoms. The Morgan fingerprint density at radius 3 is 2.32 bits per heavy atom. The number of nitrogens with zero attached hydrogens (tertiary/aromatic N) is 3. The van der Waals surface area contributed by atoms with E-state index in [1.807, 2.05) is 6.07 Å². The van der Waals surface area contributed by atoms with Crippen LogP contribution in [0.1, 0.15) is 64.6 Å². The van der Waals surface area contributed by atoms with Crippen LogP contribution < -0.4 is 0 Å². The van der Waals surface area contributed by atoms with E-state index in [2.05, 4.69) is 23.7 Å². The van der Waals surface area contributed by atoms with Crippen molar-refractivity contribution in [2.24, 2.45) is 0 Å². The number of rotatable bonds is 12. The molecule has 0 saturated carbocycles. The summed E-state index contributed by atoms with van der Waals surface area (Å²) in [6, 6.07) is 4.81.